The van der Waals surface area contributed by atoms with Gasteiger partial charge in [-0.1, -0.05) is 31.0 Å². The fraction of sp³-hybridized carbons (Fsp3) is 0.429. The van der Waals surface area contributed by atoms with Crippen LogP contribution in [0, 0.1) is 0 Å². The van der Waals surface area contributed by atoms with E-state index in [1.54, 1.807) is 24.3 Å². The molecule has 0 aliphatic rings. The lowest BCUT2D eigenvalue weighted by Crippen LogP contribution is -2.14. The third-order valence-corrected chi connectivity index (χ3v) is 2.66. The number of rotatable bonds is 7. The van der Waals surface area contributed by atoms with E-state index in [4.69, 9.17) is 16.3 Å². The highest BCUT2D eigenvalue weighted by Crippen LogP contribution is 2.15. The predicted molar refractivity (Wildman–Crippen MR) is 75.2 cm³/mol. The van der Waals surface area contributed by atoms with Gasteiger partial charge in [0, 0.05) is 17.1 Å². The van der Waals surface area contributed by atoms with Crippen molar-refractivity contribution >= 4 is 29.2 Å². The van der Waals surface area contributed by atoms with E-state index in [1.807, 2.05) is 6.92 Å². The lowest BCUT2D eigenvalue weighted by atomic mass is 10.2. The van der Waals surface area contributed by atoms with Crippen LogP contribution in [-0.2, 0) is 14.3 Å². The van der Waals surface area contributed by atoms with Crippen molar-refractivity contribution in [2.24, 2.45) is 0 Å². The molecule has 104 valence electrons. The molecule has 1 rings (SSSR count). The molecule has 4 nitrogen and oxygen atoms in total. The topological polar surface area (TPSA) is 55.4 Å². The first kappa shape index (κ1) is 15.5. The molecule has 0 radical (unpaired) electrons. The van der Waals surface area contributed by atoms with Crippen molar-refractivity contribution in [2.45, 2.75) is 32.6 Å². The van der Waals surface area contributed by atoms with Gasteiger partial charge < -0.3 is 10.1 Å². The van der Waals surface area contributed by atoms with Crippen LogP contribution in [0.3, 0.4) is 0 Å². The monoisotopic (exact) mass is 283 g/mol. The Morgan fingerprint density at radius 3 is 2.79 bits per heavy atom. The minimum atomic E-state index is -0.338. The number of anilines is 1. The number of hydrogen-bond donors (Lipinski definition) is 1. The van der Waals surface area contributed by atoms with Gasteiger partial charge in [0.1, 0.15) is 0 Å². The van der Waals surface area contributed by atoms with Crippen LogP contribution in [0.25, 0.3) is 0 Å². The fourth-order valence-electron chi connectivity index (χ4n) is 1.41. The van der Waals surface area contributed by atoms with E-state index in [0.717, 1.165) is 12.8 Å². The van der Waals surface area contributed by atoms with Crippen LogP contribution >= 0.6 is 11.6 Å². The first-order valence-electron chi connectivity index (χ1n) is 6.33. The van der Waals surface area contributed by atoms with Gasteiger partial charge in [-0.05, 0) is 24.6 Å². The Bertz CT molecular complexity index is 434. The Balaban J connectivity index is 2.26. The van der Waals surface area contributed by atoms with Gasteiger partial charge >= 0.3 is 5.97 Å². The van der Waals surface area contributed by atoms with E-state index in [0.29, 0.717) is 17.3 Å². The largest absolute Gasteiger partial charge is 0.466 e. The maximum absolute atomic E-state index is 11.6. The lowest BCUT2D eigenvalue weighted by Gasteiger charge is -2.06. The Kier molecular flexibility index (Phi) is 6.97. The Labute approximate surface area is 118 Å². The number of nitrogens with one attached hydrogen (secondary N) is 1. The summed E-state index contributed by atoms with van der Waals surface area (Å²) in [6.07, 6.45) is 2.02. The summed E-state index contributed by atoms with van der Waals surface area (Å²) in [5.41, 5.74) is 0.622. The average molecular weight is 284 g/mol. The normalized spacial score (nSPS) is 10.0. The molecule has 0 aliphatic carbocycles. The molecule has 1 N–H and O–H groups in total. The first-order chi connectivity index (χ1) is 9.11. The standard InChI is InChI=1S/C14H18ClNO3/c1-2-3-9-19-14(18)8-7-13(17)16-12-6-4-5-11(15)10-12/h4-6,10H,2-3,7-9H2,1H3,(H,16,17). The number of halogens is 1. The second-order valence-electron chi connectivity index (χ2n) is 4.13. The van der Waals surface area contributed by atoms with Gasteiger partial charge in [-0.15, -0.1) is 0 Å². The van der Waals surface area contributed by atoms with Crippen LogP contribution in [0.15, 0.2) is 24.3 Å². The van der Waals surface area contributed by atoms with Crippen LogP contribution in [-0.4, -0.2) is 18.5 Å². The zero-order valence-electron chi connectivity index (χ0n) is 10.9. The summed E-state index contributed by atoms with van der Waals surface area (Å²) in [7, 11) is 0. The molecule has 1 aromatic rings. The quantitative estimate of drug-likeness (QED) is 0.616. The summed E-state index contributed by atoms with van der Waals surface area (Å²) < 4.78 is 4.96. The number of hydrogen-bond acceptors (Lipinski definition) is 3. The highest BCUT2D eigenvalue weighted by Gasteiger charge is 2.08. The highest BCUT2D eigenvalue weighted by atomic mass is 35.5. The molecule has 0 aliphatic heterocycles. The molecular formula is C14H18ClNO3. The van der Waals surface area contributed by atoms with E-state index in [1.165, 1.54) is 0 Å². The molecule has 0 aromatic heterocycles. The van der Waals surface area contributed by atoms with Gasteiger partial charge in [-0.3, -0.25) is 9.59 Å². The number of esters is 1. The van der Waals surface area contributed by atoms with E-state index < -0.39 is 0 Å². The highest BCUT2D eigenvalue weighted by molar-refractivity contribution is 6.30. The number of unbranched alkanes of at least 4 members (excludes halogenated alkanes) is 1. The molecule has 0 bridgehead atoms. The smallest absolute Gasteiger partial charge is 0.306 e. The van der Waals surface area contributed by atoms with Gasteiger partial charge in [0.25, 0.3) is 0 Å². The number of carbonyl (C=O) groups excluding carboxylic acids is 2. The summed E-state index contributed by atoms with van der Waals surface area (Å²) in [5.74, 6) is -0.565. The number of carbonyl (C=O) groups is 2. The molecule has 0 saturated carbocycles. The number of benzene rings is 1. The van der Waals surface area contributed by atoms with Crippen molar-refractivity contribution in [3.8, 4) is 0 Å². The third kappa shape index (κ3) is 6.82. The summed E-state index contributed by atoms with van der Waals surface area (Å²) in [4.78, 5) is 22.9. The van der Waals surface area contributed by atoms with Crippen molar-refractivity contribution in [1.29, 1.82) is 0 Å². The Hall–Kier alpha value is -1.55. The molecule has 0 atom stereocenters. The minimum absolute atomic E-state index is 0.0934. The Morgan fingerprint density at radius 2 is 2.11 bits per heavy atom. The lowest BCUT2D eigenvalue weighted by molar-refractivity contribution is -0.144. The predicted octanol–water partition coefficient (Wildman–Crippen LogP) is 3.40. The first-order valence-corrected chi connectivity index (χ1v) is 6.70. The summed E-state index contributed by atoms with van der Waals surface area (Å²) in [6, 6.07) is 6.86. The summed E-state index contributed by atoms with van der Waals surface area (Å²) >= 11 is 5.80. The van der Waals surface area contributed by atoms with Crippen molar-refractivity contribution in [2.75, 3.05) is 11.9 Å². The van der Waals surface area contributed by atoms with Crippen LogP contribution in [0.4, 0.5) is 5.69 Å². The molecule has 0 unspecified atom stereocenters. The molecule has 5 heteroatoms. The van der Waals surface area contributed by atoms with Crippen LogP contribution in [0.1, 0.15) is 32.6 Å². The maximum Gasteiger partial charge on any atom is 0.306 e. The maximum atomic E-state index is 11.6. The second-order valence-corrected chi connectivity index (χ2v) is 4.57. The molecule has 19 heavy (non-hydrogen) atoms. The van der Waals surface area contributed by atoms with Gasteiger partial charge in [0.05, 0.1) is 13.0 Å². The molecule has 0 heterocycles. The number of amides is 1. The summed E-state index contributed by atoms with van der Waals surface area (Å²) in [5, 5.41) is 3.23. The van der Waals surface area contributed by atoms with Crippen molar-refractivity contribution < 1.29 is 14.3 Å². The average Bonchev–Trinajstić information content (AvgIpc) is 2.37. The zero-order chi connectivity index (χ0) is 14.1. The zero-order valence-corrected chi connectivity index (χ0v) is 11.7. The van der Waals surface area contributed by atoms with Crippen molar-refractivity contribution in [3.63, 3.8) is 0 Å². The van der Waals surface area contributed by atoms with Crippen molar-refractivity contribution in [3.05, 3.63) is 29.3 Å². The second kappa shape index (κ2) is 8.53. The van der Waals surface area contributed by atoms with Crippen LogP contribution < -0.4 is 5.32 Å². The molecule has 1 aromatic carbocycles. The summed E-state index contributed by atoms with van der Waals surface area (Å²) in [6.45, 7) is 2.44. The molecule has 0 spiro atoms. The van der Waals surface area contributed by atoms with E-state index >= 15 is 0 Å². The van der Waals surface area contributed by atoms with Crippen LogP contribution in [0.2, 0.25) is 5.02 Å². The molecule has 0 fully saturated rings. The SMILES string of the molecule is CCCCOC(=O)CCC(=O)Nc1cccc(Cl)c1. The van der Waals surface area contributed by atoms with Gasteiger partial charge in [-0.25, -0.2) is 0 Å². The molecule has 1 amide bonds. The van der Waals surface area contributed by atoms with Crippen molar-refractivity contribution in [1.82, 2.24) is 0 Å². The van der Waals surface area contributed by atoms with Crippen LogP contribution in [0.5, 0.6) is 0 Å². The van der Waals surface area contributed by atoms with E-state index in [2.05, 4.69) is 5.32 Å². The number of ether oxygens (including phenoxy) is 1. The van der Waals surface area contributed by atoms with Gasteiger partial charge in [-0.2, -0.15) is 0 Å². The molecular weight excluding hydrogens is 266 g/mol. The van der Waals surface area contributed by atoms with Gasteiger partial charge in [0.15, 0.2) is 0 Å². The van der Waals surface area contributed by atoms with E-state index in [9.17, 15) is 9.59 Å². The molecule has 0 saturated heterocycles. The third-order valence-electron chi connectivity index (χ3n) is 2.43. The van der Waals surface area contributed by atoms with Gasteiger partial charge in [0.2, 0.25) is 5.91 Å². The Morgan fingerprint density at radius 1 is 1.32 bits per heavy atom. The fourth-order valence-corrected chi connectivity index (χ4v) is 1.60. The van der Waals surface area contributed by atoms with E-state index in [-0.39, 0.29) is 24.7 Å². The minimum Gasteiger partial charge on any atom is -0.466 e.